The third-order valence-electron chi connectivity index (χ3n) is 2.65. The molecule has 5 heteroatoms. The van der Waals surface area contributed by atoms with Crippen LogP contribution in [0.25, 0.3) is 0 Å². The summed E-state index contributed by atoms with van der Waals surface area (Å²) < 4.78 is 29.2. The topological polar surface area (TPSA) is 39.7 Å². The van der Waals surface area contributed by atoms with E-state index < -0.39 is 0 Å². The lowest BCUT2D eigenvalue weighted by molar-refractivity contribution is 0.100. The van der Waals surface area contributed by atoms with Gasteiger partial charge in [0.2, 0.25) is 0 Å². The molecule has 0 saturated carbocycles. The molecule has 0 heterocycles. The van der Waals surface area contributed by atoms with E-state index in [4.69, 9.17) is 14.2 Å². The molecular formula is C15H24FNO3. The van der Waals surface area contributed by atoms with Gasteiger partial charge in [-0.05, 0) is 24.6 Å². The molecule has 0 saturated heterocycles. The fourth-order valence-electron chi connectivity index (χ4n) is 1.68. The minimum atomic E-state index is -0.261. The van der Waals surface area contributed by atoms with Gasteiger partial charge >= 0.3 is 0 Å². The Balaban J connectivity index is 2.42. The summed E-state index contributed by atoms with van der Waals surface area (Å²) in [5.74, 6) is 0.430. The Morgan fingerprint density at radius 1 is 1.15 bits per heavy atom. The molecule has 1 aromatic rings. The van der Waals surface area contributed by atoms with E-state index in [1.54, 1.807) is 13.2 Å². The molecule has 4 nitrogen and oxygen atoms in total. The van der Waals surface area contributed by atoms with Crippen molar-refractivity contribution >= 4 is 0 Å². The number of hydrogen-bond acceptors (Lipinski definition) is 4. The fourth-order valence-corrected chi connectivity index (χ4v) is 1.68. The molecule has 0 unspecified atom stereocenters. The zero-order chi connectivity index (χ0) is 14.6. The Hall–Kier alpha value is -1.17. The second kappa shape index (κ2) is 10.6. The second-order valence-corrected chi connectivity index (χ2v) is 4.38. The van der Waals surface area contributed by atoms with Gasteiger partial charge in [-0.3, -0.25) is 0 Å². The molecule has 1 aromatic carbocycles. The van der Waals surface area contributed by atoms with Crippen LogP contribution in [-0.4, -0.2) is 40.1 Å². The molecule has 1 rings (SSSR count). The molecule has 20 heavy (non-hydrogen) atoms. The van der Waals surface area contributed by atoms with Crippen molar-refractivity contribution in [2.75, 3.05) is 40.1 Å². The quantitative estimate of drug-likeness (QED) is 0.634. The summed E-state index contributed by atoms with van der Waals surface area (Å²) in [5, 5.41) is 3.18. The van der Waals surface area contributed by atoms with Gasteiger partial charge in [-0.15, -0.1) is 0 Å². The van der Waals surface area contributed by atoms with E-state index in [1.807, 2.05) is 0 Å². The van der Waals surface area contributed by atoms with E-state index in [1.165, 1.54) is 12.1 Å². The average Bonchev–Trinajstić information content (AvgIpc) is 2.45. The number of nitrogens with one attached hydrogen (secondary N) is 1. The van der Waals surface area contributed by atoms with Crippen LogP contribution in [0, 0.1) is 5.82 Å². The molecule has 0 aliphatic rings. The number of ether oxygens (including phenoxy) is 3. The standard InChI is InChI=1S/C15H24FNO3/c1-3-7-19-9-10-20-15-5-4-14(16)11-13(15)12-17-6-8-18-2/h4-5,11,17H,3,6-10,12H2,1-2H3. The van der Waals surface area contributed by atoms with Gasteiger partial charge in [0.1, 0.15) is 18.2 Å². The lowest BCUT2D eigenvalue weighted by Crippen LogP contribution is -2.19. The van der Waals surface area contributed by atoms with Crippen LogP contribution < -0.4 is 10.1 Å². The largest absolute Gasteiger partial charge is 0.491 e. The number of rotatable bonds is 11. The van der Waals surface area contributed by atoms with Gasteiger partial charge in [0, 0.05) is 32.4 Å². The van der Waals surface area contributed by atoms with Gasteiger partial charge in [0.25, 0.3) is 0 Å². The third-order valence-corrected chi connectivity index (χ3v) is 2.65. The van der Waals surface area contributed by atoms with Crippen molar-refractivity contribution in [1.82, 2.24) is 5.32 Å². The molecule has 114 valence electrons. The van der Waals surface area contributed by atoms with Crippen molar-refractivity contribution < 1.29 is 18.6 Å². The highest BCUT2D eigenvalue weighted by molar-refractivity contribution is 5.33. The van der Waals surface area contributed by atoms with Gasteiger partial charge in [-0.25, -0.2) is 4.39 Å². The Bertz CT molecular complexity index is 374. The van der Waals surface area contributed by atoms with E-state index in [0.717, 1.165) is 18.6 Å². The van der Waals surface area contributed by atoms with Crippen LogP contribution in [0.3, 0.4) is 0 Å². The maximum Gasteiger partial charge on any atom is 0.124 e. The van der Waals surface area contributed by atoms with Crippen molar-refractivity contribution in [3.63, 3.8) is 0 Å². The molecule has 1 N–H and O–H groups in total. The monoisotopic (exact) mass is 285 g/mol. The maximum absolute atomic E-state index is 13.3. The lowest BCUT2D eigenvalue weighted by Gasteiger charge is -2.12. The minimum absolute atomic E-state index is 0.261. The average molecular weight is 285 g/mol. The Morgan fingerprint density at radius 2 is 2.00 bits per heavy atom. The first-order chi connectivity index (χ1) is 9.77. The first kappa shape index (κ1) is 16.9. The first-order valence-electron chi connectivity index (χ1n) is 6.96. The van der Waals surface area contributed by atoms with Gasteiger partial charge in [-0.2, -0.15) is 0 Å². The number of hydrogen-bond donors (Lipinski definition) is 1. The van der Waals surface area contributed by atoms with E-state index in [9.17, 15) is 4.39 Å². The predicted molar refractivity (Wildman–Crippen MR) is 76.6 cm³/mol. The number of halogens is 1. The van der Waals surface area contributed by atoms with Crippen LogP contribution in [0.1, 0.15) is 18.9 Å². The van der Waals surface area contributed by atoms with Crippen molar-refractivity contribution in [2.45, 2.75) is 19.9 Å². The smallest absolute Gasteiger partial charge is 0.124 e. The van der Waals surface area contributed by atoms with E-state index in [2.05, 4.69) is 12.2 Å². The molecule has 0 bridgehead atoms. The summed E-state index contributed by atoms with van der Waals surface area (Å²) in [6.07, 6.45) is 0.991. The molecule has 0 amide bonds. The van der Waals surface area contributed by atoms with Crippen molar-refractivity contribution in [1.29, 1.82) is 0 Å². The van der Waals surface area contributed by atoms with Crippen LogP contribution in [0.4, 0.5) is 4.39 Å². The summed E-state index contributed by atoms with van der Waals surface area (Å²) >= 11 is 0. The minimum Gasteiger partial charge on any atom is -0.491 e. The van der Waals surface area contributed by atoms with Gasteiger partial charge in [-0.1, -0.05) is 6.92 Å². The summed E-state index contributed by atoms with van der Waals surface area (Å²) in [4.78, 5) is 0. The van der Waals surface area contributed by atoms with Gasteiger partial charge in [0.05, 0.1) is 13.2 Å². The summed E-state index contributed by atoms with van der Waals surface area (Å²) in [5.41, 5.74) is 0.802. The summed E-state index contributed by atoms with van der Waals surface area (Å²) in [6.45, 7) is 5.69. The lowest BCUT2D eigenvalue weighted by atomic mass is 10.2. The highest BCUT2D eigenvalue weighted by Crippen LogP contribution is 2.19. The molecule has 0 radical (unpaired) electrons. The molecule has 0 spiro atoms. The van der Waals surface area contributed by atoms with E-state index >= 15 is 0 Å². The normalized spacial score (nSPS) is 10.8. The first-order valence-corrected chi connectivity index (χ1v) is 6.96. The Kier molecular flexibility index (Phi) is 8.95. The molecular weight excluding hydrogens is 261 g/mol. The van der Waals surface area contributed by atoms with Crippen molar-refractivity contribution in [2.24, 2.45) is 0 Å². The summed E-state index contributed by atoms with van der Waals surface area (Å²) in [6, 6.07) is 4.55. The van der Waals surface area contributed by atoms with Crippen LogP contribution in [-0.2, 0) is 16.0 Å². The molecule has 0 aliphatic heterocycles. The Morgan fingerprint density at radius 3 is 2.75 bits per heavy atom. The van der Waals surface area contributed by atoms with E-state index in [0.29, 0.717) is 38.7 Å². The fraction of sp³-hybridized carbons (Fsp3) is 0.600. The van der Waals surface area contributed by atoms with Crippen LogP contribution in [0.15, 0.2) is 18.2 Å². The second-order valence-electron chi connectivity index (χ2n) is 4.38. The van der Waals surface area contributed by atoms with E-state index in [-0.39, 0.29) is 5.82 Å². The zero-order valence-corrected chi connectivity index (χ0v) is 12.3. The maximum atomic E-state index is 13.3. The zero-order valence-electron chi connectivity index (χ0n) is 12.3. The molecule has 0 aliphatic carbocycles. The van der Waals surface area contributed by atoms with Gasteiger partial charge in [0.15, 0.2) is 0 Å². The SMILES string of the molecule is CCCOCCOc1ccc(F)cc1CNCCOC. The van der Waals surface area contributed by atoms with Crippen LogP contribution >= 0.6 is 0 Å². The Labute approximate surface area is 120 Å². The summed E-state index contributed by atoms with van der Waals surface area (Å²) in [7, 11) is 1.65. The predicted octanol–water partition coefficient (Wildman–Crippen LogP) is 2.37. The third kappa shape index (κ3) is 6.84. The van der Waals surface area contributed by atoms with Crippen LogP contribution in [0.5, 0.6) is 5.75 Å². The molecule has 0 aromatic heterocycles. The number of benzene rings is 1. The molecule has 0 fully saturated rings. The highest BCUT2D eigenvalue weighted by atomic mass is 19.1. The van der Waals surface area contributed by atoms with Crippen molar-refractivity contribution in [3.8, 4) is 5.75 Å². The molecule has 0 atom stereocenters. The van der Waals surface area contributed by atoms with Crippen molar-refractivity contribution in [3.05, 3.63) is 29.6 Å². The van der Waals surface area contributed by atoms with Gasteiger partial charge < -0.3 is 19.5 Å². The number of methoxy groups -OCH3 is 1. The highest BCUT2D eigenvalue weighted by Gasteiger charge is 2.05. The van der Waals surface area contributed by atoms with Crippen LogP contribution in [0.2, 0.25) is 0 Å².